The molecule has 5 heteroatoms. The predicted octanol–water partition coefficient (Wildman–Crippen LogP) is 2.87. The van der Waals surface area contributed by atoms with Gasteiger partial charge in [-0.15, -0.1) is 11.3 Å². The van der Waals surface area contributed by atoms with Gasteiger partial charge < -0.3 is 14.6 Å². The molecule has 0 spiro atoms. The molecule has 0 saturated heterocycles. The molecule has 0 saturated carbocycles. The molecule has 0 unspecified atom stereocenters. The van der Waals surface area contributed by atoms with Crippen LogP contribution in [0.5, 0.6) is 0 Å². The molecule has 2 aromatic heterocycles. The van der Waals surface area contributed by atoms with Crippen molar-refractivity contribution in [3.8, 4) is 0 Å². The van der Waals surface area contributed by atoms with E-state index in [0.29, 0.717) is 12.1 Å². The van der Waals surface area contributed by atoms with Gasteiger partial charge in [0.1, 0.15) is 6.26 Å². The van der Waals surface area contributed by atoms with Crippen molar-refractivity contribution in [1.29, 1.82) is 0 Å². The number of oxazole rings is 1. The van der Waals surface area contributed by atoms with Gasteiger partial charge in [-0.3, -0.25) is 0 Å². The van der Waals surface area contributed by atoms with Crippen molar-refractivity contribution in [2.24, 2.45) is 0 Å². The lowest BCUT2D eigenvalue weighted by Gasteiger charge is -2.12. The van der Waals surface area contributed by atoms with E-state index in [1.807, 2.05) is 11.9 Å². The molecule has 0 aromatic carbocycles. The largest absolute Gasteiger partial charge is 0.432 e. The summed E-state index contributed by atoms with van der Waals surface area (Å²) >= 11 is 1.74. The van der Waals surface area contributed by atoms with Crippen LogP contribution in [0.4, 0.5) is 6.01 Å². The lowest BCUT2D eigenvalue weighted by atomic mass is 10.4. The Labute approximate surface area is 112 Å². The number of nitrogens with one attached hydrogen (secondary N) is 1. The quantitative estimate of drug-likeness (QED) is 0.872. The first-order valence-corrected chi connectivity index (χ1v) is 6.94. The predicted molar refractivity (Wildman–Crippen MR) is 74.9 cm³/mol. The highest BCUT2D eigenvalue weighted by molar-refractivity contribution is 7.09. The first kappa shape index (κ1) is 13.1. The fourth-order valence-electron chi connectivity index (χ4n) is 1.57. The molecule has 0 aliphatic rings. The molecule has 98 valence electrons. The van der Waals surface area contributed by atoms with Gasteiger partial charge in [0, 0.05) is 24.5 Å². The van der Waals surface area contributed by atoms with E-state index in [1.165, 1.54) is 4.88 Å². The summed E-state index contributed by atoms with van der Waals surface area (Å²) in [5.74, 6) is 0. The lowest BCUT2D eigenvalue weighted by molar-refractivity contribution is 0.540. The Kier molecular flexibility index (Phi) is 4.38. The van der Waals surface area contributed by atoms with Crippen molar-refractivity contribution in [3.63, 3.8) is 0 Å². The van der Waals surface area contributed by atoms with Gasteiger partial charge in [-0.25, -0.2) is 0 Å². The molecule has 0 aliphatic carbocycles. The van der Waals surface area contributed by atoms with Crippen LogP contribution < -0.4 is 10.2 Å². The first-order valence-electron chi connectivity index (χ1n) is 6.06. The average molecular weight is 265 g/mol. The van der Waals surface area contributed by atoms with Crippen LogP contribution in [0.3, 0.4) is 0 Å². The van der Waals surface area contributed by atoms with Gasteiger partial charge >= 0.3 is 0 Å². The monoisotopic (exact) mass is 265 g/mol. The molecule has 0 fully saturated rings. The maximum atomic E-state index is 5.49. The van der Waals surface area contributed by atoms with Crippen LogP contribution >= 0.6 is 11.3 Å². The zero-order chi connectivity index (χ0) is 13.0. The fourth-order valence-corrected chi connectivity index (χ4v) is 2.32. The minimum atomic E-state index is 0.453. The third-order valence-corrected chi connectivity index (χ3v) is 3.39. The number of aromatic nitrogens is 1. The van der Waals surface area contributed by atoms with Crippen LogP contribution in [-0.2, 0) is 13.1 Å². The number of nitrogens with zero attached hydrogens (tertiary/aromatic N) is 2. The van der Waals surface area contributed by atoms with E-state index >= 15 is 0 Å². The van der Waals surface area contributed by atoms with Crippen LogP contribution in [0.2, 0.25) is 0 Å². The summed E-state index contributed by atoms with van der Waals surface area (Å²) < 4.78 is 5.49. The highest BCUT2D eigenvalue weighted by Gasteiger charge is 2.10. The minimum absolute atomic E-state index is 0.453. The normalized spacial score (nSPS) is 11.1. The summed E-state index contributed by atoms with van der Waals surface area (Å²) in [7, 11) is 1.99. The third-order valence-electron chi connectivity index (χ3n) is 2.53. The highest BCUT2D eigenvalue weighted by atomic mass is 32.1. The van der Waals surface area contributed by atoms with Crippen LogP contribution in [0, 0.1) is 0 Å². The van der Waals surface area contributed by atoms with E-state index in [9.17, 15) is 0 Å². The summed E-state index contributed by atoms with van der Waals surface area (Å²) in [6.07, 6.45) is 1.72. The van der Waals surface area contributed by atoms with Gasteiger partial charge in [0.2, 0.25) is 0 Å². The Morgan fingerprint density at radius 1 is 1.50 bits per heavy atom. The van der Waals surface area contributed by atoms with E-state index in [-0.39, 0.29) is 0 Å². The Morgan fingerprint density at radius 2 is 2.33 bits per heavy atom. The SMILES string of the molecule is CC(C)NCc1coc(N(C)Cc2cccs2)n1. The molecule has 0 aliphatic heterocycles. The molecule has 18 heavy (non-hydrogen) atoms. The third kappa shape index (κ3) is 3.58. The molecular formula is C13H19N3OS. The molecule has 0 radical (unpaired) electrons. The van der Waals surface area contributed by atoms with Gasteiger partial charge in [-0.2, -0.15) is 4.98 Å². The molecule has 2 aromatic rings. The fraction of sp³-hybridized carbons (Fsp3) is 0.462. The Balaban J connectivity index is 1.92. The summed E-state index contributed by atoms with van der Waals surface area (Å²) in [4.78, 5) is 7.79. The van der Waals surface area contributed by atoms with Crippen molar-refractivity contribution in [3.05, 3.63) is 34.3 Å². The summed E-state index contributed by atoms with van der Waals surface area (Å²) in [6, 6.07) is 5.30. The lowest BCUT2D eigenvalue weighted by Crippen LogP contribution is -2.22. The van der Waals surface area contributed by atoms with Gasteiger partial charge in [-0.05, 0) is 11.4 Å². The standard InChI is InChI=1S/C13H19N3OS/c1-10(2)14-7-11-9-17-13(15-11)16(3)8-12-5-4-6-18-12/h4-6,9-10,14H,7-8H2,1-3H3. The molecule has 0 bridgehead atoms. The topological polar surface area (TPSA) is 41.3 Å². The van der Waals surface area contributed by atoms with Crippen molar-refractivity contribution < 1.29 is 4.42 Å². The van der Waals surface area contributed by atoms with E-state index in [2.05, 4.69) is 41.7 Å². The van der Waals surface area contributed by atoms with Gasteiger partial charge in [0.05, 0.1) is 12.2 Å². The number of thiophene rings is 1. The van der Waals surface area contributed by atoms with E-state index < -0.39 is 0 Å². The maximum absolute atomic E-state index is 5.49. The summed E-state index contributed by atoms with van der Waals surface area (Å²) in [6.45, 7) is 5.80. The Hall–Kier alpha value is -1.33. The molecule has 0 amide bonds. The molecule has 0 atom stereocenters. The molecule has 4 nitrogen and oxygen atoms in total. The Bertz CT molecular complexity index is 464. The van der Waals surface area contributed by atoms with Crippen LogP contribution in [0.15, 0.2) is 28.2 Å². The van der Waals surface area contributed by atoms with Crippen molar-refractivity contribution in [1.82, 2.24) is 10.3 Å². The number of hydrogen-bond donors (Lipinski definition) is 1. The zero-order valence-electron chi connectivity index (χ0n) is 11.0. The second-order valence-electron chi connectivity index (χ2n) is 4.59. The Morgan fingerprint density at radius 3 is 3.00 bits per heavy atom. The molecule has 1 N–H and O–H groups in total. The highest BCUT2D eigenvalue weighted by Crippen LogP contribution is 2.17. The molecular weight excluding hydrogens is 246 g/mol. The van der Waals surface area contributed by atoms with E-state index in [1.54, 1.807) is 17.6 Å². The number of anilines is 1. The summed E-state index contributed by atoms with van der Waals surface area (Å²) in [5, 5.41) is 5.40. The smallest absolute Gasteiger partial charge is 0.297 e. The second kappa shape index (κ2) is 6.02. The average Bonchev–Trinajstić information content (AvgIpc) is 2.96. The van der Waals surface area contributed by atoms with Crippen molar-refractivity contribution in [2.75, 3.05) is 11.9 Å². The number of rotatable bonds is 6. The van der Waals surface area contributed by atoms with Gasteiger partial charge in [0.15, 0.2) is 0 Å². The van der Waals surface area contributed by atoms with Crippen molar-refractivity contribution >= 4 is 17.4 Å². The minimum Gasteiger partial charge on any atom is -0.432 e. The van der Waals surface area contributed by atoms with Crippen molar-refractivity contribution in [2.45, 2.75) is 33.0 Å². The van der Waals surface area contributed by atoms with Crippen LogP contribution in [0.1, 0.15) is 24.4 Å². The van der Waals surface area contributed by atoms with E-state index in [4.69, 9.17) is 4.42 Å². The second-order valence-corrected chi connectivity index (χ2v) is 5.62. The van der Waals surface area contributed by atoms with E-state index in [0.717, 1.165) is 18.8 Å². The van der Waals surface area contributed by atoms with Gasteiger partial charge in [0.25, 0.3) is 6.01 Å². The van der Waals surface area contributed by atoms with Gasteiger partial charge in [-0.1, -0.05) is 19.9 Å². The maximum Gasteiger partial charge on any atom is 0.297 e. The molecule has 2 heterocycles. The zero-order valence-corrected chi connectivity index (χ0v) is 11.8. The number of hydrogen-bond acceptors (Lipinski definition) is 5. The van der Waals surface area contributed by atoms with Crippen LogP contribution in [-0.4, -0.2) is 18.1 Å². The van der Waals surface area contributed by atoms with Crippen LogP contribution in [0.25, 0.3) is 0 Å². The molecule has 2 rings (SSSR count). The summed E-state index contributed by atoms with van der Waals surface area (Å²) in [5.41, 5.74) is 0.941. The first-order chi connectivity index (χ1) is 8.65.